The average molecular weight is 348 g/mol. The Hall–Kier alpha value is -1.08. The Kier molecular flexibility index (Phi) is 5.04. The second-order valence-electron chi connectivity index (χ2n) is 8.17. The highest BCUT2D eigenvalue weighted by Crippen LogP contribution is 2.38. The van der Waals surface area contributed by atoms with Crippen LogP contribution < -0.4 is 0 Å². The van der Waals surface area contributed by atoms with Gasteiger partial charge in [0.2, 0.25) is 0 Å². The number of rotatable bonds is 3. The van der Waals surface area contributed by atoms with Crippen molar-refractivity contribution in [1.29, 1.82) is 0 Å². The van der Waals surface area contributed by atoms with Gasteiger partial charge in [-0.05, 0) is 43.4 Å². The Morgan fingerprint density at radius 3 is 2.56 bits per heavy atom. The predicted octanol–water partition coefficient (Wildman–Crippen LogP) is 1.04. The Morgan fingerprint density at radius 1 is 1.12 bits per heavy atom. The van der Waals surface area contributed by atoms with Crippen molar-refractivity contribution < 1.29 is 9.50 Å². The van der Waals surface area contributed by atoms with Crippen molar-refractivity contribution >= 4 is 0 Å². The van der Waals surface area contributed by atoms with Gasteiger partial charge in [0.05, 0.1) is 12.3 Å². The molecule has 1 aromatic rings. The molecule has 5 nitrogen and oxygen atoms in total. The number of aliphatic hydroxyl groups is 1. The molecule has 2 aliphatic heterocycles. The van der Waals surface area contributed by atoms with Crippen LogP contribution in [-0.4, -0.2) is 83.3 Å². The van der Waals surface area contributed by atoms with Gasteiger partial charge >= 0.3 is 0 Å². The number of likely N-dealkylation sites (N-methyl/N-ethyl adjacent to an activating group) is 1. The summed E-state index contributed by atoms with van der Waals surface area (Å²) in [5.74, 6) is 0.953. The minimum atomic E-state index is -0.264. The van der Waals surface area contributed by atoms with E-state index in [2.05, 4.69) is 26.7 Å². The molecule has 3 fully saturated rings. The zero-order valence-electron chi connectivity index (χ0n) is 15.0. The summed E-state index contributed by atoms with van der Waals surface area (Å²) in [6, 6.07) is 1.89. The van der Waals surface area contributed by atoms with Gasteiger partial charge in [-0.3, -0.25) is 14.8 Å². The van der Waals surface area contributed by atoms with Gasteiger partial charge in [0.15, 0.2) is 0 Å². The maximum atomic E-state index is 13.3. The molecule has 0 aromatic carbocycles. The van der Waals surface area contributed by atoms with Crippen molar-refractivity contribution in [3.05, 3.63) is 29.8 Å². The first-order valence-corrected chi connectivity index (χ1v) is 9.51. The van der Waals surface area contributed by atoms with E-state index in [1.165, 1.54) is 6.20 Å². The standard InChI is InChI=1S/C19H29FN4O/c1-22-2-4-24(5-3-22)18-7-15-12-23(13-16(15)8-19(18)25)11-14-6-17(20)10-21-9-14/h6,9-10,15-16,18-19,25H,2-5,7-8,11-13H2,1H3/t15-,16+,18-,19-/m1/s1. The van der Waals surface area contributed by atoms with Gasteiger partial charge < -0.3 is 10.0 Å². The van der Waals surface area contributed by atoms with Crippen LogP contribution in [-0.2, 0) is 6.54 Å². The fourth-order valence-electron chi connectivity index (χ4n) is 4.98. The van der Waals surface area contributed by atoms with Crippen LogP contribution in [0.15, 0.2) is 18.5 Å². The van der Waals surface area contributed by atoms with Crippen LogP contribution in [0, 0.1) is 17.7 Å². The zero-order valence-corrected chi connectivity index (χ0v) is 15.0. The monoisotopic (exact) mass is 348 g/mol. The molecule has 0 radical (unpaired) electrons. The van der Waals surface area contributed by atoms with E-state index in [9.17, 15) is 9.50 Å². The number of piperazine rings is 1. The highest BCUT2D eigenvalue weighted by molar-refractivity contribution is 5.11. The lowest BCUT2D eigenvalue weighted by atomic mass is 9.77. The van der Waals surface area contributed by atoms with Crippen molar-refractivity contribution in [2.75, 3.05) is 46.3 Å². The minimum absolute atomic E-state index is 0.208. The van der Waals surface area contributed by atoms with E-state index in [1.807, 2.05) is 0 Å². The summed E-state index contributed by atoms with van der Waals surface area (Å²) in [7, 11) is 2.17. The van der Waals surface area contributed by atoms with Crippen LogP contribution in [0.1, 0.15) is 18.4 Å². The number of likely N-dealkylation sites (tertiary alicyclic amines) is 1. The van der Waals surface area contributed by atoms with Gasteiger partial charge in [-0.25, -0.2) is 4.39 Å². The molecule has 0 amide bonds. The lowest BCUT2D eigenvalue weighted by Gasteiger charge is -2.44. The normalized spacial score (nSPS) is 35.0. The van der Waals surface area contributed by atoms with Gasteiger partial charge in [0.25, 0.3) is 0 Å². The molecule has 0 bridgehead atoms. The van der Waals surface area contributed by atoms with Crippen molar-refractivity contribution in [2.24, 2.45) is 11.8 Å². The Labute approximate surface area is 149 Å². The number of hydrogen-bond donors (Lipinski definition) is 1. The molecule has 25 heavy (non-hydrogen) atoms. The zero-order chi connectivity index (χ0) is 17.4. The van der Waals surface area contributed by atoms with Gasteiger partial charge in [-0.15, -0.1) is 0 Å². The average Bonchev–Trinajstić information content (AvgIpc) is 2.96. The SMILES string of the molecule is CN1CCN([C@@H]2C[C@@H]3CN(Cc4cncc(F)c4)C[C@@H]3C[C@H]2O)CC1. The molecule has 3 aliphatic rings. The first-order chi connectivity index (χ1) is 12.1. The van der Waals surface area contributed by atoms with Crippen molar-refractivity contribution in [2.45, 2.75) is 31.5 Å². The van der Waals surface area contributed by atoms with Crippen LogP contribution >= 0.6 is 0 Å². The third-order valence-corrected chi connectivity index (χ3v) is 6.36. The molecule has 2 saturated heterocycles. The fraction of sp³-hybridized carbons (Fsp3) is 0.737. The molecule has 1 aliphatic carbocycles. The number of pyridine rings is 1. The molecular formula is C19H29FN4O. The number of aliphatic hydroxyl groups excluding tert-OH is 1. The lowest BCUT2D eigenvalue weighted by molar-refractivity contribution is -0.0249. The molecule has 0 spiro atoms. The van der Waals surface area contributed by atoms with Gasteiger partial charge in [0, 0.05) is 58.1 Å². The molecule has 6 heteroatoms. The second kappa shape index (κ2) is 7.27. The van der Waals surface area contributed by atoms with E-state index in [1.54, 1.807) is 12.3 Å². The number of hydrogen-bond acceptors (Lipinski definition) is 5. The Bertz CT molecular complexity index is 593. The largest absolute Gasteiger partial charge is 0.391 e. The Morgan fingerprint density at radius 2 is 1.84 bits per heavy atom. The summed E-state index contributed by atoms with van der Waals surface area (Å²) in [6.07, 6.45) is 4.80. The molecular weight excluding hydrogens is 319 g/mol. The first kappa shape index (κ1) is 17.3. The molecule has 1 aromatic heterocycles. The van der Waals surface area contributed by atoms with E-state index in [0.717, 1.165) is 64.2 Å². The molecule has 4 atom stereocenters. The topological polar surface area (TPSA) is 42.8 Å². The minimum Gasteiger partial charge on any atom is -0.391 e. The maximum Gasteiger partial charge on any atom is 0.141 e. The predicted molar refractivity (Wildman–Crippen MR) is 94.6 cm³/mol. The number of halogens is 1. The number of fused-ring (bicyclic) bond motifs is 1. The van der Waals surface area contributed by atoms with Crippen LogP contribution in [0.2, 0.25) is 0 Å². The van der Waals surface area contributed by atoms with Crippen LogP contribution in [0.25, 0.3) is 0 Å². The second-order valence-corrected chi connectivity index (χ2v) is 8.17. The van der Waals surface area contributed by atoms with Crippen LogP contribution in [0.3, 0.4) is 0 Å². The lowest BCUT2D eigenvalue weighted by Crippen LogP contribution is -2.55. The maximum absolute atomic E-state index is 13.3. The van der Waals surface area contributed by atoms with E-state index >= 15 is 0 Å². The van der Waals surface area contributed by atoms with Crippen LogP contribution in [0.5, 0.6) is 0 Å². The third kappa shape index (κ3) is 3.87. The van der Waals surface area contributed by atoms with Gasteiger partial charge in [-0.1, -0.05) is 0 Å². The van der Waals surface area contributed by atoms with Crippen molar-refractivity contribution in [1.82, 2.24) is 19.7 Å². The molecule has 0 unspecified atom stereocenters. The van der Waals surface area contributed by atoms with E-state index in [4.69, 9.17) is 0 Å². The smallest absolute Gasteiger partial charge is 0.141 e. The van der Waals surface area contributed by atoms with E-state index in [-0.39, 0.29) is 11.9 Å². The Balaban J connectivity index is 1.36. The summed E-state index contributed by atoms with van der Waals surface area (Å²) in [6.45, 7) is 7.13. The quantitative estimate of drug-likeness (QED) is 0.884. The van der Waals surface area contributed by atoms with Crippen LogP contribution in [0.4, 0.5) is 4.39 Å². The first-order valence-electron chi connectivity index (χ1n) is 9.51. The summed E-state index contributed by atoms with van der Waals surface area (Å²) in [5, 5.41) is 10.7. The van der Waals surface area contributed by atoms with E-state index in [0.29, 0.717) is 17.9 Å². The molecule has 1 N–H and O–H groups in total. The molecule has 138 valence electrons. The summed E-state index contributed by atoms with van der Waals surface area (Å²) in [4.78, 5) is 11.2. The molecule has 1 saturated carbocycles. The highest BCUT2D eigenvalue weighted by Gasteiger charge is 2.43. The highest BCUT2D eigenvalue weighted by atomic mass is 19.1. The number of nitrogens with zero attached hydrogens (tertiary/aromatic N) is 4. The van der Waals surface area contributed by atoms with Crippen molar-refractivity contribution in [3.8, 4) is 0 Å². The fourth-order valence-corrected chi connectivity index (χ4v) is 4.98. The van der Waals surface area contributed by atoms with Gasteiger partial charge in [0.1, 0.15) is 5.82 Å². The molecule has 3 heterocycles. The third-order valence-electron chi connectivity index (χ3n) is 6.36. The van der Waals surface area contributed by atoms with Gasteiger partial charge in [-0.2, -0.15) is 0 Å². The summed E-state index contributed by atoms with van der Waals surface area (Å²) < 4.78 is 13.3. The molecule has 4 rings (SSSR count). The number of aromatic nitrogens is 1. The van der Waals surface area contributed by atoms with Crippen molar-refractivity contribution in [3.63, 3.8) is 0 Å². The summed E-state index contributed by atoms with van der Waals surface area (Å²) >= 11 is 0. The summed E-state index contributed by atoms with van der Waals surface area (Å²) in [5.41, 5.74) is 0.940. The van der Waals surface area contributed by atoms with E-state index < -0.39 is 0 Å².